The Morgan fingerprint density at radius 3 is 2.57 bits per heavy atom. The first-order valence-corrected chi connectivity index (χ1v) is 10.0. The Balaban J connectivity index is 1.73. The monoisotopic (exact) mass is 373 g/mol. The van der Waals surface area contributed by atoms with Crippen molar-refractivity contribution in [3.8, 4) is 0 Å². The zero-order valence-corrected chi connectivity index (χ0v) is 16.8. The second-order valence-electron chi connectivity index (χ2n) is 7.92. The normalized spacial score (nSPS) is 15.0. The third-order valence-corrected chi connectivity index (χ3v) is 5.88. The highest BCUT2D eigenvalue weighted by Crippen LogP contribution is 2.29. The van der Waals surface area contributed by atoms with Gasteiger partial charge in [0.05, 0.1) is 11.2 Å². The van der Waals surface area contributed by atoms with Crippen LogP contribution >= 0.6 is 0 Å². The number of piperidine rings is 1. The van der Waals surface area contributed by atoms with Crippen molar-refractivity contribution in [3.05, 3.63) is 65.4 Å². The molecular weight excluding hydrogens is 346 g/mol. The van der Waals surface area contributed by atoms with Crippen LogP contribution in [0.2, 0.25) is 0 Å². The Labute approximate surface area is 166 Å². The van der Waals surface area contributed by atoms with Gasteiger partial charge >= 0.3 is 0 Å². The van der Waals surface area contributed by atoms with Crippen molar-refractivity contribution in [2.45, 2.75) is 33.6 Å². The lowest BCUT2D eigenvalue weighted by Gasteiger charge is -2.30. The Bertz CT molecular complexity index is 1020. The number of aryl methyl sites for hydroxylation is 1. The summed E-state index contributed by atoms with van der Waals surface area (Å²) in [4.78, 5) is 19.7. The number of carbonyl (C=O) groups excluding carboxylic acids is 1. The Kier molecular flexibility index (Phi) is 5.03. The number of nitrogens with one attached hydrogen (secondary N) is 1. The second-order valence-corrected chi connectivity index (χ2v) is 7.92. The minimum Gasteiger partial charge on any atom is -0.355 e. The summed E-state index contributed by atoms with van der Waals surface area (Å²) in [6.45, 7) is 8.10. The molecule has 0 aliphatic carbocycles. The van der Waals surface area contributed by atoms with Crippen LogP contribution in [0.5, 0.6) is 0 Å². The van der Waals surface area contributed by atoms with Crippen LogP contribution in [0.1, 0.15) is 41.4 Å². The van der Waals surface area contributed by atoms with Crippen LogP contribution in [0.3, 0.4) is 0 Å². The summed E-state index contributed by atoms with van der Waals surface area (Å²) in [7, 11) is 0. The number of hydrogen-bond donors (Lipinski definition) is 1. The van der Waals surface area contributed by atoms with Crippen molar-refractivity contribution in [2.75, 3.05) is 18.4 Å². The molecule has 1 aliphatic rings. The molecule has 0 unspecified atom stereocenters. The molecule has 0 saturated carbocycles. The molecule has 0 atom stereocenters. The van der Waals surface area contributed by atoms with Crippen molar-refractivity contribution in [2.24, 2.45) is 5.92 Å². The highest BCUT2D eigenvalue weighted by Gasteiger charge is 2.23. The van der Waals surface area contributed by atoms with Crippen LogP contribution in [-0.2, 0) is 0 Å². The number of fused-ring (bicyclic) bond motifs is 1. The molecule has 4 nitrogen and oxygen atoms in total. The first kappa shape index (κ1) is 18.5. The van der Waals surface area contributed by atoms with Crippen molar-refractivity contribution < 1.29 is 4.79 Å². The van der Waals surface area contributed by atoms with Crippen LogP contribution in [-0.4, -0.2) is 28.9 Å². The van der Waals surface area contributed by atoms with E-state index >= 15 is 0 Å². The van der Waals surface area contributed by atoms with Crippen molar-refractivity contribution >= 4 is 28.2 Å². The molecule has 28 heavy (non-hydrogen) atoms. The highest BCUT2D eigenvalue weighted by atomic mass is 16.2. The molecule has 1 N–H and O–H groups in total. The topological polar surface area (TPSA) is 45.2 Å². The predicted molar refractivity (Wildman–Crippen MR) is 115 cm³/mol. The molecule has 1 aromatic heterocycles. The van der Waals surface area contributed by atoms with Crippen LogP contribution < -0.4 is 5.32 Å². The minimum absolute atomic E-state index is 0.0293. The van der Waals surface area contributed by atoms with Gasteiger partial charge in [-0.25, -0.2) is 4.98 Å². The van der Waals surface area contributed by atoms with Gasteiger partial charge < -0.3 is 10.2 Å². The molecule has 1 fully saturated rings. The van der Waals surface area contributed by atoms with E-state index in [1.807, 2.05) is 35.2 Å². The molecule has 1 aliphatic heterocycles. The van der Waals surface area contributed by atoms with E-state index in [0.717, 1.165) is 48.2 Å². The van der Waals surface area contributed by atoms with Gasteiger partial charge in [-0.1, -0.05) is 37.3 Å². The van der Waals surface area contributed by atoms with Crippen molar-refractivity contribution in [3.63, 3.8) is 0 Å². The van der Waals surface area contributed by atoms with E-state index in [0.29, 0.717) is 11.6 Å². The van der Waals surface area contributed by atoms with E-state index in [9.17, 15) is 4.79 Å². The van der Waals surface area contributed by atoms with Gasteiger partial charge in [0.1, 0.15) is 5.69 Å². The van der Waals surface area contributed by atoms with Gasteiger partial charge in [0.2, 0.25) is 0 Å². The lowest BCUT2D eigenvalue weighted by Crippen LogP contribution is -2.38. The standard InChI is InChI=1S/C24H27N3O/c1-16-11-13-27(14-12-16)24(28)23-15-22(19-8-4-5-9-21(19)26-23)25-20-10-6-7-17(2)18(20)3/h4-10,15-16H,11-14H2,1-3H3,(H,25,26). The molecule has 2 aromatic carbocycles. The van der Waals surface area contributed by atoms with Gasteiger partial charge in [-0.3, -0.25) is 4.79 Å². The summed E-state index contributed by atoms with van der Waals surface area (Å²) in [5, 5.41) is 4.57. The van der Waals surface area contributed by atoms with E-state index in [-0.39, 0.29) is 5.91 Å². The van der Waals surface area contributed by atoms with Gasteiger partial charge in [-0.05, 0) is 61.9 Å². The fourth-order valence-electron chi connectivity index (χ4n) is 3.79. The maximum absolute atomic E-state index is 13.1. The SMILES string of the molecule is Cc1cccc(Nc2cc(C(=O)N3CCC(C)CC3)nc3ccccc23)c1C. The molecule has 1 saturated heterocycles. The Morgan fingerprint density at radius 1 is 1.04 bits per heavy atom. The predicted octanol–water partition coefficient (Wildman–Crippen LogP) is 5.47. The quantitative estimate of drug-likeness (QED) is 0.662. The van der Waals surface area contributed by atoms with Crippen LogP contribution in [0.15, 0.2) is 48.5 Å². The molecule has 144 valence electrons. The van der Waals surface area contributed by atoms with Crippen LogP contribution in [0.25, 0.3) is 10.9 Å². The number of nitrogens with zero attached hydrogens (tertiary/aromatic N) is 2. The molecule has 2 heterocycles. The van der Waals surface area contributed by atoms with Gasteiger partial charge in [0, 0.05) is 24.2 Å². The largest absolute Gasteiger partial charge is 0.355 e. The summed E-state index contributed by atoms with van der Waals surface area (Å²) in [6, 6.07) is 16.1. The number of carbonyl (C=O) groups is 1. The third-order valence-electron chi connectivity index (χ3n) is 5.88. The molecule has 4 heteroatoms. The lowest BCUT2D eigenvalue weighted by molar-refractivity contribution is 0.0692. The molecule has 0 spiro atoms. The number of hydrogen-bond acceptors (Lipinski definition) is 3. The molecule has 1 amide bonds. The van der Waals surface area contributed by atoms with Crippen molar-refractivity contribution in [1.29, 1.82) is 0 Å². The van der Waals surface area contributed by atoms with E-state index in [1.165, 1.54) is 11.1 Å². The third kappa shape index (κ3) is 3.59. The zero-order valence-electron chi connectivity index (χ0n) is 16.8. The Morgan fingerprint density at radius 2 is 1.79 bits per heavy atom. The number of pyridine rings is 1. The maximum Gasteiger partial charge on any atom is 0.272 e. The van der Waals surface area contributed by atoms with E-state index < -0.39 is 0 Å². The summed E-state index contributed by atoms with van der Waals surface area (Å²) < 4.78 is 0. The highest BCUT2D eigenvalue weighted by molar-refractivity contribution is 6.00. The van der Waals surface area contributed by atoms with E-state index in [1.54, 1.807) is 0 Å². The summed E-state index contributed by atoms with van der Waals surface area (Å²) in [5.74, 6) is 0.719. The van der Waals surface area contributed by atoms with Crippen molar-refractivity contribution in [1.82, 2.24) is 9.88 Å². The average molecular weight is 374 g/mol. The Hall–Kier alpha value is -2.88. The molecule has 0 bridgehead atoms. The molecule has 3 aromatic rings. The van der Waals surface area contributed by atoms with Gasteiger partial charge in [-0.15, -0.1) is 0 Å². The molecule has 4 rings (SSSR count). The minimum atomic E-state index is 0.0293. The number of para-hydroxylation sites is 1. The zero-order chi connectivity index (χ0) is 19.7. The summed E-state index contributed by atoms with van der Waals surface area (Å²) in [5.41, 5.74) is 5.78. The number of aromatic nitrogens is 1. The number of anilines is 2. The van der Waals surface area contributed by atoms with E-state index in [4.69, 9.17) is 0 Å². The maximum atomic E-state index is 13.1. The van der Waals surface area contributed by atoms with E-state index in [2.05, 4.69) is 49.3 Å². The van der Waals surface area contributed by atoms with Gasteiger partial charge in [-0.2, -0.15) is 0 Å². The number of benzene rings is 2. The number of likely N-dealkylation sites (tertiary alicyclic amines) is 1. The average Bonchev–Trinajstić information content (AvgIpc) is 2.71. The smallest absolute Gasteiger partial charge is 0.272 e. The van der Waals surface area contributed by atoms with Gasteiger partial charge in [0.25, 0.3) is 5.91 Å². The number of rotatable bonds is 3. The number of amides is 1. The lowest BCUT2D eigenvalue weighted by atomic mass is 9.99. The fourth-order valence-corrected chi connectivity index (χ4v) is 3.79. The summed E-state index contributed by atoms with van der Waals surface area (Å²) in [6.07, 6.45) is 2.12. The fraction of sp³-hybridized carbons (Fsp3) is 0.333. The van der Waals surface area contributed by atoms with Crippen LogP contribution in [0, 0.1) is 19.8 Å². The van der Waals surface area contributed by atoms with Crippen LogP contribution in [0.4, 0.5) is 11.4 Å². The molecular formula is C24H27N3O. The summed E-state index contributed by atoms with van der Waals surface area (Å²) >= 11 is 0. The first-order chi connectivity index (χ1) is 13.5. The first-order valence-electron chi connectivity index (χ1n) is 10.0. The van der Waals surface area contributed by atoms with Gasteiger partial charge in [0.15, 0.2) is 0 Å². The molecule has 0 radical (unpaired) electrons. The second kappa shape index (κ2) is 7.63.